The van der Waals surface area contributed by atoms with Gasteiger partial charge in [-0.05, 0) is 53.1 Å². The third-order valence-corrected chi connectivity index (χ3v) is 3.52. The monoisotopic (exact) mass is 241 g/mol. The van der Waals surface area contributed by atoms with Crippen LogP contribution < -0.4 is 10.6 Å². The van der Waals surface area contributed by atoms with Crippen LogP contribution in [0, 0.1) is 5.92 Å². The van der Waals surface area contributed by atoms with Gasteiger partial charge in [0.05, 0.1) is 6.54 Å². The molecule has 0 aromatic carbocycles. The molecule has 1 aliphatic rings. The summed E-state index contributed by atoms with van der Waals surface area (Å²) >= 11 is 0. The molecule has 1 rings (SSSR count). The van der Waals surface area contributed by atoms with E-state index in [2.05, 4.69) is 22.5 Å². The Labute approximate surface area is 105 Å². The van der Waals surface area contributed by atoms with Crippen LogP contribution in [0.1, 0.15) is 33.6 Å². The fraction of sp³-hybridized carbons (Fsp3) is 0.923. The Hall–Kier alpha value is -0.610. The molecular weight excluding hydrogens is 214 g/mol. The van der Waals surface area contributed by atoms with Crippen molar-refractivity contribution in [3.05, 3.63) is 0 Å². The molecular formula is C13H27N3O. The molecule has 1 aliphatic heterocycles. The lowest BCUT2D eigenvalue weighted by molar-refractivity contribution is -0.123. The Morgan fingerprint density at radius 2 is 2.12 bits per heavy atom. The van der Waals surface area contributed by atoms with E-state index < -0.39 is 0 Å². The summed E-state index contributed by atoms with van der Waals surface area (Å²) in [5, 5.41) is 6.27. The van der Waals surface area contributed by atoms with E-state index in [9.17, 15) is 4.79 Å². The number of likely N-dealkylation sites (tertiary alicyclic amines) is 1. The molecule has 0 radical (unpaired) electrons. The summed E-state index contributed by atoms with van der Waals surface area (Å²) in [6.07, 6.45) is 2.47. The molecule has 0 saturated carbocycles. The molecule has 0 aromatic rings. The quantitative estimate of drug-likeness (QED) is 0.749. The van der Waals surface area contributed by atoms with Crippen molar-refractivity contribution in [2.45, 2.75) is 45.7 Å². The highest BCUT2D eigenvalue weighted by Crippen LogP contribution is 2.19. The first-order valence-corrected chi connectivity index (χ1v) is 6.72. The number of rotatable bonds is 5. The van der Waals surface area contributed by atoms with Gasteiger partial charge in [0.2, 0.25) is 5.91 Å². The third-order valence-electron chi connectivity index (χ3n) is 3.52. The number of piperidine rings is 1. The molecule has 2 atom stereocenters. The van der Waals surface area contributed by atoms with Gasteiger partial charge in [-0.3, -0.25) is 9.69 Å². The lowest BCUT2D eigenvalue weighted by atomic mass is 9.92. The molecule has 2 unspecified atom stereocenters. The van der Waals surface area contributed by atoms with Crippen LogP contribution in [-0.4, -0.2) is 49.6 Å². The van der Waals surface area contributed by atoms with Gasteiger partial charge in [-0.2, -0.15) is 0 Å². The molecule has 1 amide bonds. The Bertz CT molecular complexity index is 243. The lowest BCUT2D eigenvalue weighted by Crippen LogP contribution is -2.47. The summed E-state index contributed by atoms with van der Waals surface area (Å²) in [4.78, 5) is 14.0. The maximum Gasteiger partial charge on any atom is 0.234 e. The molecule has 17 heavy (non-hydrogen) atoms. The molecule has 100 valence electrons. The molecule has 2 N–H and O–H groups in total. The Morgan fingerprint density at radius 1 is 1.41 bits per heavy atom. The van der Waals surface area contributed by atoms with Crippen LogP contribution in [0.5, 0.6) is 0 Å². The first kappa shape index (κ1) is 14.5. The zero-order valence-electron chi connectivity index (χ0n) is 11.6. The highest BCUT2D eigenvalue weighted by atomic mass is 16.2. The number of carbonyl (C=O) groups excluding carboxylic acids is 1. The number of hydrogen-bond donors (Lipinski definition) is 2. The van der Waals surface area contributed by atoms with Gasteiger partial charge in [0.25, 0.3) is 0 Å². The molecule has 1 heterocycles. The van der Waals surface area contributed by atoms with Crippen LogP contribution in [0.2, 0.25) is 0 Å². The van der Waals surface area contributed by atoms with Crippen molar-refractivity contribution in [1.82, 2.24) is 15.5 Å². The van der Waals surface area contributed by atoms with Crippen molar-refractivity contribution in [1.29, 1.82) is 0 Å². The number of nitrogens with one attached hydrogen (secondary N) is 2. The van der Waals surface area contributed by atoms with Crippen molar-refractivity contribution < 1.29 is 4.79 Å². The minimum absolute atomic E-state index is 0.151. The van der Waals surface area contributed by atoms with E-state index in [-0.39, 0.29) is 11.9 Å². The van der Waals surface area contributed by atoms with Crippen LogP contribution in [0.25, 0.3) is 0 Å². The van der Waals surface area contributed by atoms with Crippen LogP contribution in [0.15, 0.2) is 0 Å². The van der Waals surface area contributed by atoms with Gasteiger partial charge in [0, 0.05) is 18.6 Å². The van der Waals surface area contributed by atoms with E-state index in [1.165, 1.54) is 12.8 Å². The zero-order chi connectivity index (χ0) is 12.8. The number of hydrogen-bond acceptors (Lipinski definition) is 3. The molecule has 4 nitrogen and oxygen atoms in total. The van der Waals surface area contributed by atoms with Crippen LogP contribution in [-0.2, 0) is 4.79 Å². The summed E-state index contributed by atoms with van der Waals surface area (Å²) in [5.41, 5.74) is 0. The standard InChI is InChI=1S/C13H27N3O/c1-10(2)15-13(17)9-16-7-5-6-12(8-16)11(3)14-4/h10-12,14H,5-9H2,1-4H3,(H,15,17). The fourth-order valence-electron chi connectivity index (χ4n) is 2.45. The maximum atomic E-state index is 11.7. The van der Waals surface area contributed by atoms with Crippen LogP contribution in [0.3, 0.4) is 0 Å². The predicted octanol–water partition coefficient (Wildman–Crippen LogP) is 0.831. The molecule has 0 spiro atoms. The van der Waals surface area contributed by atoms with E-state index in [0.717, 1.165) is 13.1 Å². The number of amides is 1. The summed E-state index contributed by atoms with van der Waals surface area (Å²) in [5.74, 6) is 0.818. The Kier molecular flexibility index (Phi) is 5.92. The van der Waals surface area contributed by atoms with Gasteiger partial charge in [-0.25, -0.2) is 0 Å². The second-order valence-electron chi connectivity index (χ2n) is 5.44. The minimum Gasteiger partial charge on any atom is -0.353 e. The van der Waals surface area contributed by atoms with Crippen LogP contribution in [0.4, 0.5) is 0 Å². The number of carbonyl (C=O) groups is 1. The summed E-state index contributed by atoms with van der Waals surface area (Å²) in [6.45, 7) is 8.86. The average molecular weight is 241 g/mol. The van der Waals surface area contributed by atoms with Crippen LogP contribution >= 0.6 is 0 Å². The maximum absolute atomic E-state index is 11.7. The van der Waals surface area contributed by atoms with Gasteiger partial charge < -0.3 is 10.6 Å². The van der Waals surface area contributed by atoms with Crippen molar-refractivity contribution in [3.63, 3.8) is 0 Å². The molecule has 1 fully saturated rings. The van der Waals surface area contributed by atoms with Gasteiger partial charge in [0.1, 0.15) is 0 Å². The second kappa shape index (κ2) is 6.97. The van der Waals surface area contributed by atoms with Gasteiger partial charge in [-0.15, -0.1) is 0 Å². The van der Waals surface area contributed by atoms with E-state index in [0.29, 0.717) is 18.5 Å². The van der Waals surface area contributed by atoms with Crippen molar-refractivity contribution in [3.8, 4) is 0 Å². The minimum atomic E-state index is 0.151. The fourth-order valence-corrected chi connectivity index (χ4v) is 2.45. The molecule has 0 bridgehead atoms. The first-order valence-electron chi connectivity index (χ1n) is 6.72. The highest BCUT2D eigenvalue weighted by Gasteiger charge is 2.24. The lowest BCUT2D eigenvalue weighted by Gasteiger charge is -2.35. The second-order valence-corrected chi connectivity index (χ2v) is 5.44. The first-order chi connectivity index (χ1) is 8.02. The average Bonchev–Trinajstić information content (AvgIpc) is 2.27. The SMILES string of the molecule is CNC(C)C1CCCN(CC(=O)NC(C)C)C1. The molecule has 1 saturated heterocycles. The van der Waals surface area contributed by atoms with E-state index in [4.69, 9.17) is 0 Å². The summed E-state index contributed by atoms with van der Waals surface area (Å²) in [7, 11) is 2.01. The van der Waals surface area contributed by atoms with E-state index >= 15 is 0 Å². The normalized spacial score (nSPS) is 23.7. The number of nitrogens with zero attached hydrogens (tertiary/aromatic N) is 1. The van der Waals surface area contributed by atoms with Gasteiger partial charge >= 0.3 is 0 Å². The predicted molar refractivity (Wildman–Crippen MR) is 71.0 cm³/mol. The largest absolute Gasteiger partial charge is 0.353 e. The van der Waals surface area contributed by atoms with E-state index in [1.54, 1.807) is 0 Å². The van der Waals surface area contributed by atoms with Gasteiger partial charge in [-0.1, -0.05) is 0 Å². The van der Waals surface area contributed by atoms with Crippen molar-refractivity contribution in [2.24, 2.45) is 5.92 Å². The summed E-state index contributed by atoms with van der Waals surface area (Å²) < 4.78 is 0. The van der Waals surface area contributed by atoms with Crippen molar-refractivity contribution in [2.75, 3.05) is 26.7 Å². The smallest absolute Gasteiger partial charge is 0.234 e. The molecule has 0 aliphatic carbocycles. The summed E-state index contributed by atoms with van der Waals surface area (Å²) in [6, 6.07) is 0.769. The van der Waals surface area contributed by atoms with E-state index in [1.807, 2.05) is 20.9 Å². The molecule has 4 heteroatoms. The third kappa shape index (κ3) is 5.04. The van der Waals surface area contributed by atoms with Gasteiger partial charge in [0.15, 0.2) is 0 Å². The zero-order valence-corrected chi connectivity index (χ0v) is 11.6. The van der Waals surface area contributed by atoms with Crippen molar-refractivity contribution >= 4 is 5.91 Å². The molecule has 0 aromatic heterocycles. The topological polar surface area (TPSA) is 44.4 Å². The Morgan fingerprint density at radius 3 is 2.71 bits per heavy atom. The highest BCUT2D eigenvalue weighted by molar-refractivity contribution is 5.78. The Balaban J connectivity index is 2.36.